The number of hydrogen-bond donors (Lipinski definition) is 3. The molecule has 1 aromatic carbocycles. The molecule has 2 rings (SSSR count). The second-order valence-electron chi connectivity index (χ2n) is 4.32. The molecular formula is C13H18N3O4P. The Kier molecular flexibility index (Phi) is 5.50. The summed E-state index contributed by atoms with van der Waals surface area (Å²) in [6.45, 7) is 0.598. The van der Waals surface area contributed by atoms with Crippen LogP contribution in [-0.2, 0) is 0 Å². The van der Waals surface area contributed by atoms with E-state index in [1.54, 1.807) is 20.3 Å². The highest BCUT2D eigenvalue weighted by atomic mass is 31.2. The van der Waals surface area contributed by atoms with Gasteiger partial charge >= 0.3 is 0 Å². The molecule has 1 heterocycles. The topological polar surface area (TPSA) is 96.7 Å². The zero-order valence-corrected chi connectivity index (χ0v) is 12.8. The van der Waals surface area contributed by atoms with Gasteiger partial charge in [-0.25, -0.2) is 9.97 Å². The Balaban J connectivity index is 2.23. The van der Waals surface area contributed by atoms with E-state index in [0.717, 1.165) is 10.9 Å². The third-order valence-electron chi connectivity index (χ3n) is 2.97. The Morgan fingerprint density at radius 2 is 1.86 bits per heavy atom. The number of aromatic nitrogens is 2. The Hall–Kier alpha value is -1.69. The number of fused-ring (bicyclic) bond motifs is 1. The fraction of sp³-hybridized carbons (Fsp3) is 0.385. The maximum Gasteiger partial charge on any atom is 0.164 e. The molecule has 8 heteroatoms. The molecule has 21 heavy (non-hydrogen) atoms. The van der Waals surface area contributed by atoms with E-state index in [1.165, 1.54) is 6.33 Å². The summed E-state index contributed by atoms with van der Waals surface area (Å²) in [5.41, 5.74) is 0.747. The van der Waals surface area contributed by atoms with E-state index >= 15 is 0 Å². The molecule has 0 atom stereocenters. The fourth-order valence-corrected chi connectivity index (χ4v) is 2.39. The average molecular weight is 311 g/mol. The van der Waals surface area contributed by atoms with Crippen LogP contribution < -0.4 is 14.8 Å². The average Bonchev–Trinajstić information content (AvgIpc) is 2.49. The first-order chi connectivity index (χ1) is 10.2. The molecule has 0 spiro atoms. The summed E-state index contributed by atoms with van der Waals surface area (Å²) in [5, 5.41) is 4.00. The van der Waals surface area contributed by atoms with Crippen molar-refractivity contribution in [2.45, 2.75) is 6.42 Å². The van der Waals surface area contributed by atoms with Gasteiger partial charge < -0.3 is 24.6 Å². The van der Waals surface area contributed by atoms with E-state index < -0.39 is 8.38 Å². The van der Waals surface area contributed by atoms with E-state index in [0.29, 0.717) is 36.4 Å². The molecule has 7 nitrogen and oxygen atoms in total. The van der Waals surface area contributed by atoms with Gasteiger partial charge in [-0.05, 0) is 12.5 Å². The van der Waals surface area contributed by atoms with Gasteiger partial charge in [0.25, 0.3) is 0 Å². The van der Waals surface area contributed by atoms with Gasteiger partial charge in [-0.15, -0.1) is 0 Å². The van der Waals surface area contributed by atoms with Crippen LogP contribution in [0.4, 0.5) is 5.82 Å². The van der Waals surface area contributed by atoms with Crippen LogP contribution >= 0.6 is 8.38 Å². The molecule has 0 aliphatic heterocycles. The molecule has 0 amide bonds. The standard InChI is InChI=1S/C13H18N3O4P/c1-19-11-6-9-10(7-12(11)20-2)15-8-16-13(9)14-4-3-5-21(17)18/h6-8,17-18H,3-5H2,1-2H3,(H,14,15,16). The SMILES string of the molecule is COc1cc2ncnc(NCCCP(O)O)c2cc1OC. The summed E-state index contributed by atoms with van der Waals surface area (Å²) < 4.78 is 10.5. The van der Waals surface area contributed by atoms with Crippen LogP contribution in [-0.4, -0.2) is 46.7 Å². The lowest BCUT2D eigenvalue weighted by Gasteiger charge is -2.12. The molecule has 114 valence electrons. The molecule has 2 aromatic rings. The van der Waals surface area contributed by atoms with Crippen molar-refractivity contribution in [3.05, 3.63) is 18.5 Å². The van der Waals surface area contributed by atoms with Crippen molar-refractivity contribution < 1.29 is 19.3 Å². The summed E-state index contributed by atoms with van der Waals surface area (Å²) in [6, 6.07) is 3.61. The van der Waals surface area contributed by atoms with Crippen LogP contribution in [0, 0.1) is 0 Å². The number of anilines is 1. The molecule has 0 radical (unpaired) electrons. The molecule has 0 saturated carbocycles. The minimum Gasteiger partial charge on any atom is -0.493 e. The summed E-state index contributed by atoms with van der Waals surface area (Å²) in [7, 11) is 1.31. The summed E-state index contributed by atoms with van der Waals surface area (Å²) in [6.07, 6.45) is 2.50. The zero-order valence-electron chi connectivity index (χ0n) is 11.9. The van der Waals surface area contributed by atoms with Gasteiger partial charge in [-0.1, -0.05) is 0 Å². The molecule has 0 unspecified atom stereocenters. The van der Waals surface area contributed by atoms with Crippen molar-refractivity contribution in [3.8, 4) is 11.5 Å². The Bertz CT molecular complexity index is 609. The predicted molar refractivity (Wildman–Crippen MR) is 82.0 cm³/mol. The fourth-order valence-electron chi connectivity index (χ4n) is 1.95. The third kappa shape index (κ3) is 3.91. The first-order valence-corrected chi connectivity index (χ1v) is 7.85. The van der Waals surface area contributed by atoms with Crippen molar-refractivity contribution in [2.24, 2.45) is 0 Å². The lowest BCUT2D eigenvalue weighted by atomic mass is 10.2. The Morgan fingerprint density at radius 3 is 2.52 bits per heavy atom. The number of ether oxygens (including phenoxy) is 2. The minimum atomic E-state index is -1.84. The van der Waals surface area contributed by atoms with Crippen molar-refractivity contribution in [2.75, 3.05) is 32.2 Å². The van der Waals surface area contributed by atoms with Crippen molar-refractivity contribution >= 4 is 25.1 Å². The number of nitrogens with one attached hydrogen (secondary N) is 1. The highest BCUT2D eigenvalue weighted by Crippen LogP contribution is 2.33. The number of methoxy groups -OCH3 is 2. The number of rotatable bonds is 7. The first-order valence-electron chi connectivity index (χ1n) is 6.41. The first kappa shape index (κ1) is 15.7. The lowest BCUT2D eigenvalue weighted by molar-refractivity contribution is 0.356. The normalized spacial score (nSPS) is 10.9. The van der Waals surface area contributed by atoms with Gasteiger partial charge in [0.15, 0.2) is 19.9 Å². The molecule has 3 N–H and O–H groups in total. The maximum atomic E-state index is 8.88. The summed E-state index contributed by atoms with van der Waals surface area (Å²) in [4.78, 5) is 26.2. The molecule has 0 aliphatic carbocycles. The van der Waals surface area contributed by atoms with Crippen LogP contribution in [0.1, 0.15) is 6.42 Å². The second-order valence-corrected chi connectivity index (χ2v) is 5.51. The van der Waals surface area contributed by atoms with Crippen molar-refractivity contribution in [3.63, 3.8) is 0 Å². The van der Waals surface area contributed by atoms with Gasteiger partial charge in [0.05, 0.1) is 19.7 Å². The molecule has 0 bridgehead atoms. The highest BCUT2D eigenvalue weighted by molar-refractivity contribution is 7.45. The summed E-state index contributed by atoms with van der Waals surface area (Å²) >= 11 is 0. The number of benzene rings is 1. The van der Waals surface area contributed by atoms with Crippen LogP contribution in [0.15, 0.2) is 18.5 Å². The molecule has 0 saturated heterocycles. The Morgan fingerprint density at radius 1 is 1.14 bits per heavy atom. The van der Waals surface area contributed by atoms with Gasteiger partial charge in [-0.2, -0.15) is 0 Å². The minimum absolute atomic E-state index is 0.377. The molecular weight excluding hydrogens is 293 g/mol. The maximum absolute atomic E-state index is 8.88. The van der Waals surface area contributed by atoms with Crippen LogP contribution in [0.3, 0.4) is 0 Å². The number of hydrogen-bond acceptors (Lipinski definition) is 7. The predicted octanol–water partition coefficient (Wildman–Crippen LogP) is 1.75. The van der Waals surface area contributed by atoms with E-state index in [9.17, 15) is 0 Å². The van der Waals surface area contributed by atoms with Crippen molar-refractivity contribution in [1.29, 1.82) is 0 Å². The second kappa shape index (κ2) is 7.36. The quantitative estimate of drug-likeness (QED) is 0.529. The monoisotopic (exact) mass is 311 g/mol. The molecule has 0 fully saturated rings. The van der Waals surface area contributed by atoms with Gasteiger partial charge in [0.2, 0.25) is 0 Å². The van der Waals surface area contributed by atoms with E-state index in [-0.39, 0.29) is 0 Å². The van der Waals surface area contributed by atoms with E-state index in [4.69, 9.17) is 19.3 Å². The number of nitrogens with zero attached hydrogens (tertiary/aromatic N) is 2. The van der Waals surface area contributed by atoms with Gasteiger partial charge in [0.1, 0.15) is 12.1 Å². The van der Waals surface area contributed by atoms with Crippen molar-refractivity contribution in [1.82, 2.24) is 9.97 Å². The van der Waals surface area contributed by atoms with E-state index in [1.807, 2.05) is 6.07 Å². The zero-order chi connectivity index (χ0) is 15.2. The Labute approximate surface area is 123 Å². The van der Waals surface area contributed by atoms with Crippen LogP contribution in [0.25, 0.3) is 10.9 Å². The molecule has 1 aromatic heterocycles. The third-order valence-corrected chi connectivity index (χ3v) is 3.68. The smallest absolute Gasteiger partial charge is 0.164 e. The van der Waals surface area contributed by atoms with Crippen LogP contribution in [0.5, 0.6) is 11.5 Å². The largest absolute Gasteiger partial charge is 0.493 e. The van der Waals surface area contributed by atoms with Gasteiger partial charge in [-0.3, -0.25) is 0 Å². The highest BCUT2D eigenvalue weighted by Gasteiger charge is 2.10. The summed E-state index contributed by atoms with van der Waals surface area (Å²) in [5.74, 6) is 1.90. The lowest BCUT2D eigenvalue weighted by Crippen LogP contribution is -2.06. The molecule has 0 aliphatic rings. The van der Waals surface area contributed by atoms with E-state index in [2.05, 4.69) is 15.3 Å². The van der Waals surface area contributed by atoms with Gasteiger partial charge in [0, 0.05) is 24.2 Å². The van der Waals surface area contributed by atoms with Crippen LogP contribution in [0.2, 0.25) is 0 Å².